The Hall–Kier alpha value is -0.720. The zero-order valence-corrected chi connectivity index (χ0v) is 13.9. The van der Waals surface area contributed by atoms with Crippen molar-refractivity contribution in [2.45, 2.75) is 26.2 Å². The number of thiocarbonyl (C=S) groups is 1. The molecule has 0 heterocycles. The zero-order chi connectivity index (χ0) is 15.0. The van der Waals surface area contributed by atoms with Crippen molar-refractivity contribution in [3.63, 3.8) is 0 Å². The number of rotatable bonds is 9. The van der Waals surface area contributed by atoms with E-state index in [1.165, 1.54) is 0 Å². The number of hydrogen-bond acceptors (Lipinski definition) is 3. The first-order valence-electron chi connectivity index (χ1n) is 6.67. The molecule has 0 fully saturated rings. The van der Waals surface area contributed by atoms with Gasteiger partial charge in [0.1, 0.15) is 4.99 Å². The minimum atomic E-state index is -0.373. The Morgan fingerprint density at radius 3 is 2.75 bits per heavy atom. The predicted octanol–water partition coefficient (Wildman–Crippen LogP) is 3.84. The molecule has 3 N–H and O–H groups in total. The quantitative estimate of drug-likeness (QED) is 0.517. The predicted molar refractivity (Wildman–Crippen MR) is 88.8 cm³/mol. The highest BCUT2D eigenvalue weighted by Gasteiger charge is 2.12. The van der Waals surface area contributed by atoms with E-state index in [4.69, 9.17) is 22.7 Å². The van der Waals surface area contributed by atoms with Gasteiger partial charge in [-0.25, -0.2) is 4.39 Å². The van der Waals surface area contributed by atoms with Crippen LogP contribution in [0.2, 0.25) is 0 Å². The third-order valence-electron chi connectivity index (χ3n) is 2.77. The molecular weight excluding hydrogens is 343 g/mol. The Labute approximate surface area is 133 Å². The normalized spacial score (nSPS) is 10.6. The van der Waals surface area contributed by atoms with Crippen LogP contribution >= 0.6 is 28.1 Å². The van der Waals surface area contributed by atoms with Crippen LogP contribution in [-0.2, 0) is 4.74 Å². The summed E-state index contributed by atoms with van der Waals surface area (Å²) in [6.45, 7) is 4.25. The lowest BCUT2D eigenvalue weighted by Gasteiger charge is -2.11. The summed E-state index contributed by atoms with van der Waals surface area (Å²) in [6, 6.07) is 3.35. The van der Waals surface area contributed by atoms with Crippen molar-refractivity contribution in [1.82, 2.24) is 0 Å². The van der Waals surface area contributed by atoms with Crippen LogP contribution in [0.1, 0.15) is 31.7 Å². The highest BCUT2D eigenvalue weighted by Crippen LogP contribution is 2.27. The summed E-state index contributed by atoms with van der Waals surface area (Å²) in [6.07, 6.45) is 3.04. The molecule has 1 aromatic rings. The Bertz CT molecular complexity index is 457. The number of nitrogens with one attached hydrogen (secondary N) is 1. The molecule has 112 valence electrons. The van der Waals surface area contributed by atoms with Crippen LogP contribution in [0.5, 0.6) is 0 Å². The topological polar surface area (TPSA) is 47.3 Å². The molecule has 0 saturated carbocycles. The van der Waals surface area contributed by atoms with Gasteiger partial charge in [0.25, 0.3) is 0 Å². The minimum Gasteiger partial charge on any atom is -0.389 e. The molecule has 1 rings (SSSR count). The van der Waals surface area contributed by atoms with Gasteiger partial charge in [-0.1, -0.05) is 25.6 Å². The largest absolute Gasteiger partial charge is 0.389 e. The zero-order valence-electron chi connectivity index (χ0n) is 11.5. The number of anilines is 1. The van der Waals surface area contributed by atoms with E-state index in [-0.39, 0.29) is 10.8 Å². The van der Waals surface area contributed by atoms with E-state index in [2.05, 4.69) is 28.2 Å². The Balaban J connectivity index is 2.41. The van der Waals surface area contributed by atoms with Crippen molar-refractivity contribution in [3.05, 3.63) is 28.0 Å². The maximum atomic E-state index is 14.0. The molecule has 0 aliphatic heterocycles. The first-order chi connectivity index (χ1) is 9.57. The maximum absolute atomic E-state index is 14.0. The summed E-state index contributed by atoms with van der Waals surface area (Å²) < 4.78 is 19.8. The van der Waals surface area contributed by atoms with E-state index in [1.807, 2.05) is 0 Å². The van der Waals surface area contributed by atoms with Gasteiger partial charge in [0.05, 0.1) is 10.2 Å². The van der Waals surface area contributed by atoms with Crippen LogP contribution in [0.4, 0.5) is 10.1 Å². The fraction of sp³-hybridized carbons (Fsp3) is 0.500. The van der Waals surface area contributed by atoms with Crippen molar-refractivity contribution in [2.24, 2.45) is 5.73 Å². The van der Waals surface area contributed by atoms with Gasteiger partial charge in [-0.05, 0) is 40.9 Å². The highest BCUT2D eigenvalue weighted by atomic mass is 79.9. The molecule has 3 nitrogen and oxygen atoms in total. The molecular formula is C14H20BrFN2OS. The van der Waals surface area contributed by atoms with Gasteiger partial charge in [-0.15, -0.1) is 0 Å². The Kier molecular flexibility index (Phi) is 8.02. The second-order valence-electron chi connectivity index (χ2n) is 4.40. The maximum Gasteiger partial charge on any atom is 0.161 e. The van der Waals surface area contributed by atoms with Crippen LogP contribution in [0.3, 0.4) is 0 Å². The molecule has 20 heavy (non-hydrogen) atoms. The molecule has 0 aromatic heterocycles. The van der Waals surface area contributed by atoms with Crippen molar-refractivity contribution < 1.29 is 9.13 Å². The van der Waals surface area contributed by atoms with Crippen LogP contribution < -0.4 is 11.1 Å². The molecule has 0 radical (unpaired) electrons. The Morgan fingerprint density at radius 2 is 2.10 bits per heavy atom. The van der Waals surface area contributed by atoms with Gasteiger partial charge < -0.3 is 15.8 Å². The summed E-state index contributed by atoms with van der Waals surface area (Å²) in [4.78, 5) is 0.173. The van der Waals surface area contributed by atoms with E-state index in [1.54, 1.807) is 12.1 Å². The minimum absolute atomic E-state index is 0.173. The lowest BCUT2D eigenvalue weighted by atomic mass is 10.2. The molecule has 0 aliphatic rings. The standard InChI is InChI=1S/C14H20BrFN2OS/c1-2-3-8-19-9-4-7-18-11-6-5-10(14(17)20)12(15)13(11)16/h5-6,18H,2-4,7-9H2,1H3,(H2,17,20). The number of nitrogens with two attached hydrogens (primary N) is 1. The van der Waals surface area contributed by atoms with E-state index in [0.29, 0.717) is 28.9 Å². The molecule has 0 unspecified atom stereocenters. The number of ether oxygens (including phenoxy) is 1. The molecule has 0 saturated heterocycles. The van der Waals surface area contributed by atoms with E-state index in [0.717, 1.165) is 25.9 Å². The molecule has 6 heteroatoms. The van der Waals surface area contributed by atoms with E-state index >= 15 is 0 Å². The fourth-order valence-electron chi connectivity index (χ4n) is 1.62. The van der Waals surface area contributed by atoms with Crippen molar-refractivity contribution >= 4 is 38.8 Å². The SMILES string of the molecule is CCCCOCCCNc1ccc(C(N)=S)c(Br)c1F. The van der Waals surface area contributed by atoms with Crippen LogP contribution in [-0.4, -0.2) is 24.7 Å². The molecule has 0 atom stereocenters. The third-order valence-corrected chi connectivity index (χ3v) is 3.77. The van der Waals surface area contributed by atoms with Gasteiger partial charge >= 0.3 is 0 Å². The second kappa shape index (κ2) is 9.26. The van der Waals surface area contributed by atoms with E-state index < -0.39 is 0 Å². The first-order valence-corrected chi connectivity index (χ1v) is 7.87. The number of halogens is 2. The molecule has 0 aliphatic carbocycles. The number of benzene rings is 1. The molecule has 0 spiro atoms. The van der Waals surface area contributed by atoms with Crippen molar-refractivity contribution in [1.29, 1.82) is 0 Å². The average molecular weight is 363 g/mol. The fourth-order valence-corrected chi connectivity index (χ4v) is 2.48. The summed E-state index contributed by atoms with van der Waals surface area (Å²) in [5.41, 5.74) is 6.45. The van der Waals surface area contributed by atoms with Gasteiger partial charge in [0.2, 0.25) is 0 Å². The summed E-state index contributed by atoms with van der Waals surface area (Å²) >= 11 is 8.03. The van der Waals surface area contributed by atoms with Gasteiger partial charge in [0.15, 0.2) is 5.82 Å². The van der Waals surface area contributed by atoms with Crippen molar-refractivity contribution in [3.8, 4) is 0 Å². The third kappa shape index (κ3) is 5.34. The second-order valence-corrected chi connectivity index (χ2v) is 5.63. The summed E-state index contributed by atoms with van der Waals surface area (Å²) in [5, 5.41) is 3.04. The van der Waals surface area contributed by atoms with Crippen molar-refractivity contribution in [2.75, 3.05) is 25.1 Å². The molecule has 0 amide bonds. The first kappa shape index (κ1) is 17.3. The van der Waals surface area contributed by atoms with Gasteiger partial charge in [0, 0.05) is 25.3 Å². The van der Waals surface area contributed by atoms with Crippen LogP contribution in [0.25, 0.3) is 0 Å². The summed E-state index contributed by atoms with van der Waals surface area (Å²) in [7, 11) is 0. The molecule has 0 bridgehead atoms. The smallest absolute Gasteiger partial charge is 0.161 e. The number of hydrogen-bond donors (Lipinski definition) is 2. The van der Waals surface area contributed by atoms with Gasteiger partial charge in [-0.2, -0.15) is 0 Å². The Morgan fingerprint density at radius 1 is 1.40 bits per heavy atom. The van der Waals surface area contributed by atoms with Crippen LogP contribution in [0, 0.1) is 5.82 Å². The average Bonchev–Trinajstić information content (AvgIpc) is 2.42. The lowest BCUT2D eigenvalue weighted by Crippen LogP contribution is -2.12. The monoisotopic (exact) mass is 362 g/mol. The number of unbranched alkanes of at least 4 members (excludes halogenated alkanes) is 1. The lowest BCUT2D eigenvalue weighted by molar-refractivity contribution is 0.131. The summed E-state index contributed by atoms with van der Waals surface area (Å²) in [5.74, 6) is -0.373. The van der Waals surface area contributed by atoms with Gasteiger partial charge in [-0.3, -0.25) is 0 Å². The van der Waals surface area contributed by atoms with Crippen LogP contribution in [0.15, 0.2) is 16.6 Å². The highest BCUT2D eigenvalue weighted by molar-refractivity contribution is 9.10. The van der Waals surface area contributed by atoms with E-state index in [9.17, 15) is 4.39 Å². The molecule has 1 aromatic carbocycles.